The van der Waals surface area contributed by atoms with E-state index in [0.717, 1.165) is 27.8 Å². The molecule has 2 aromatic carbocycles. The molecule has 45 heavy (non-hydrogen) atoms. The van der Waals surface area contributed by atoms with Crippen molar-refractivity contribution in [3.8, 4) is 11.8 Å². The minimum Gasteiger partial charge on any atom is -0.508 e. The van der Waals surface area contributed by atoms with Crippen LogP contribution in [0.4, 0.5) is 0 Å². The van der Waals surface area contributed by atoms with Gasteiger partial charge in [0.15, 0.2) is 5.76 Å². The summed E-state index contributed by atoms with van der Waals surface area (Å²) in [7, 11) is 2.02. The average molecular weight is 822 g/mol. The number of nitriles is 1. The number of hydrogen-bond acceptors (Lipinski definition) is 8. The van der Waals surface area contributed by atoms with E-state index in [1.54, 1.807) is 19.1 Å². The number of ether oxygens (including phenoxy) is 2. The number of carbonyl (C=O) groups excluding carboxylic acids is 1. The van der Waals surface area contributed by atoms with E-state index in [4.69, 9.17) is 9.47 Å². The molecule has 3 N–H and O–H groups in total. The summed E-state index contributed by atoms with van der Waals surface area (Å²) in [5.74, 6) is 0.585. The molecule has 1 unspecified atom stereocenters. The van der Waals surface area contributed by atoms with E-state index in [0.29, 0.717) is 29.7 Å². The van der Waals surface area contributed by atoms with Gasteiger partial charge in [0.2, 0.25) is 12.7 Å². The molecule has 4 heterocycles. The fourth-order valence-corrected chi connectivity index (χ4v) is 7.41. The number of phenols is 1. The molecule has 0 saturated carbocycles. The van der Waals surface area contributed by atoms with Gasteiger partial charge in [0.25, 0.3) is 0 Å². The first-order valence-electron chi connectivity index (χ1n) is 15.0. The third-order valence-electron chi connectivity index (χ3n) is 9.64. The van der Waals surface area contributed by atoms with Crippen molar-refractivity contribution in [3.05, 3.63) is 105 Å². The van der Waals surface area contributed by atoms with Crippen LogP contribution in [0.5, 0.6) is 5.75 Å². The molecule has 0 aliphatic carbocycles. The maximum absolute atomic E-state index is 13.1. The molecule has 0 aromatic heterocycles. The van der Waals surface area contributed by atoms with Gasteiger partial charge in [-0.1, -0.05) is 36.4 Å². The van der Waals surface area contributed by atoms with Crippen LogP contribution in [0.25, 0.3) is 6.08 Å². The topological polar surface area (TPSA) is 118 Å². The SMILES string of the molecule is C/C=C(\O)C1=C(C2=COCO2)[C@H](CNC(=O)/C=C/c2ccccc2)N2C(C1)[C@H]1c3c(cc(C)c(C)c3O)C[C@@H]([C@@H]2C#N)N1C.[Ac]. The van der Waals surface area contributed by atoms with Crippen LogP contribution in [0, 0.1) is 69.2 Å². The van der Waals surface area contributed by atoms with Crippen LogP contribution in [0.1, 0.15) is 47.2 Å². The number of aliphatic hydroxyl groups is 1. The van der Waals surface area contributed by atoms with Crippen LogP contribution >= 0.6 is 0 Å². The standard InChI is InChI=1S/C35H38N4O5.Ac/c1-5-29(40)24-15-26-34-32-23(13-20(2)21(3)35(32)42)14-25(38(34)4)27(16-36)39(26)28(33(24)30-18-43-19-44-30)17-37-31(41)12-11-22-9-7-6-8-10-22;/h5-13,18,25-28,34,40,42H,14-15,17,19H2,1-4H3,(H,37,41);/b12-11+,29-5-;/t25-,26?,27-,28-,34-;/m0./s1. The van der Waals surface area contributed by atoms with E-state index < -0.39 is 12.1 Å². The normalized spacial score (nSPS) is 26.2. The number of rotatable bonds is 6. The van der Waals surface area contributed by atoms with E-state index in [9.17, 15) is 20.3 Å². The van der Waals surface area contributed by atoms with E-state index in [1.165, 1.54) is 12.3 Å². The smallest absolute Gasteiger partial charge is 0.244 e. The summed E-state index contributed by atoms with van der Waals surface area (Å²) in [5, 5.41) is 36.6. The minimum absolute atomic E-state index is 0. The van der Waals surface area contributed by atoms with E-state index in [1.807, 2.05) is 51.2 Å². The third-order valence-corrected chi connectivity index (χ3v) is 9.64. The molecule has 1 amide bonds. The van der Waals surface area contributed by atoms with Crippen molar-refractivity contribution < 1.29 is 68.5 Å². The Labute approximate surface area is 300 Å². The van der Waals surface area contributed by atoms with Crippen LogP contribution in [-0.2, 0) is 20.7 Å². The van der Waals surface area contributed by atoms with Crippen molar-refractivity contribution in [3.63, 3.8) is 0 Å². The number of aromatic hydroxyl groups is 1. The molecule has 9 nitrogen and oxygen atoms in total. The molecule has 10 heteroatoms. The Hall–Kier alpha value is -3.08. The number of likely N-dealkylation sites (N-methyl/N-ethyl adjacent to an activating group) is 1. The Morgan fingerprint density at radius 3 is 2.62 bits per heavy atom. The number of fused-ring (bicyclic) bond motifs is 6. The van der Waals surface area contributed by atoms with Crippen molar-refractivity contribution in [1.82, 2.24) is 15.1 Å². The fraction of sp³-hybridized carbons (Fsp3) is 0.371. The number of aryl methyl sites for hydroxylation is 1. The van der Waals surface area contributed by atoms with E-state index in [2.05, 4.69) is 27.3 Å². The monoisotopic (exact) mass is 821 g/mol. The second-order valence-corrected chi connectivity index (χ2v) is 11.9. The Kier molecular flexibility index (Phi) is 10.2. The van der Waals surface area contributed by atoms with E-state index in [-0.39, 0.29) is 92.9 Å². The zero-order valence-electron chi connectivity index (χ0n) is 26.0. The number of piperazine rings is 1. The fourth-order valence-electron chi connectivity index (χ4n) is 7.41. The number of allylic oxidation sites excluding steroid dienone is 2. The third kappa shape index (κ3) is 5.97. The number of amides is 1. The molecular formula is C35H38AcN4O5. The summed E-state index contributed by atoms with van der Waals surface area (Å²) in [6.07, 6.45) is 7.44. The number of aliphatic hydroxyl groups excluding tert-OH is 1. The quantitative estimate of drug-likeness (QED) is 0.284. The predicted molar refractivity (Wildman–Crippen MR) is 166 cm³/mol. The largest absolute Gasteiger partial charge is 0.508 e. The number of hydrogen-bond donors (Lipinski definition) is 3. The Bertz CT molecular complexity index is 1640. The first-order chi connectivity index (χ1) is 21.2. The Balaban J connectivity index is 0.00000400. The molecule has 1 saturated heterocycles. The number of nitrogens with one attached hydrogen (secondary N) is 1. The van der Waals surface area contributed by atoms with Crippen molar-refractivity contribution in [1.29, 1.82) is 5.26 Å². The number of benzene rings is 2. The number of nitrogens with zero attached hydrogens (tertiary/aromatic N) is 3. The van der Waals surface area contributed by atoms with Gasteiger partial charge < -0.3 is 25.0 Å². The number of phenolic OH excluding ortho intramolecular Hbond substituents is 1. The second kappa shape index (κ2) is 13.7. The van der Waals surface area contributed by atoms with Crippen molar-refractivity contribution in [2.24, 2.45) is 0 Å². The first kappa shape index (κ1) is 33.3. The van der Waals surface area contributed by atoms with Gasteiger partial charge in [0.1, 0.15) is 23.8 Å². The average Bonchev–Trinajstić information content (AvgIpc) is 3.57. The van der Waals surface area contributed by atoms with Gasteiger partial charge >= 0.3 is 0 Å². The maximum Gasteiger partial charge on any atom is 0.244 e. The van der Waals surface area contributed by atoms with Gasteiger partial charge in [-0.15, -0.1) is 0 Å². The van der Waals surface area contributed by atoms with Gasteiger partial charge in [-0.05, 0) is 75.1 Å². The van der Waals surface area contributed by atoms with Crippen LogP contribution in [0.15, 0.2) is 77.5 Å². The van der Waals surface area contributed by atoms with E-state index >= 15 is 0 Å². The summed E-state index contributed by atoms with van der Waals surface area (Å²) in [4.78, 5) is 17.5. The molecule has 5 atom stereocenters. The molecule has 2 aromatic rings. The Morgan fingerprint density at radius 1 is 1.20 bits per heavy atom. The van der Waals surface area contributed by atoms with Crippen LogP contribution < -0.4 is 5.32 Å². The summed E-state index contributed by atoms with van der Waals surface area (Å²) >= 11 is 0. The molecular weight excluding hydrogens is 783 g/mol. The van der Waals surface area contributed by atoms with Gasteiger partial charge in [-0.3, -0.25) is 14.6 Å². The molecule has 4 aliphatic rings. The van der Waals surface area contributed by atoms with Crippen molar-refractivity contribution in [2.45, 2.75) is 63.8 Å². The zero-order valence-corrected chi connectivity index (χ0v) is 30.8. The molecule has 0 spiro atoms. The van der Waals surface area contributed by atoms with Crippen LogP contribution in [0.3, 0.4) is 0 Å². The molecule has 4 aliphatic heterocycles. The molecule has 1 radical (unpaired) electrons. The van der Waals surface area contributed by atoms with Gasteiger partial charge in [-0.2, -0.15) is 5.26 Å². The predicted octanol–water partition coefficient (Wildman–Crippen LogP) is 4.69. The zero-order chi connectivity index (χ0) is 31.1. The summed E-state index contributed by atoms with van der Waals surface area (Å²) < 4.78 is 11.3. The van der Waals surface area contributed by atoms with Gasteiger partial charge in [-0.25, -0.2) is 0 Å². The van der Waals surface area contributed by atoms with Gasteiger partial charge in [0, 0.05) is 85.5 Å². The second-order valence-electron chi connectivity index (χ2n) is 11.9. The summed E-state index contributed by atoms with van der Waals surface area (Å²) in [5.41, 5.74) is 6.04. The molecule has 1 fully saturated rings. The molecule has 6 rings (SSSR count). The Morgan fingerprint density at radius 2 is 1.96 bits per heavy atom. The maximum atomic E-state index is 13.1. The molecule has 231 valence electrons. The summed E-state index contributed by atoms with van der Waals surface area (Å²) in [6, 6.07) is 12.6. The van der Waals surface area contributed by atoms with Crippen LogP contribution in [0.2, 0.25) is 0 Å². The van der Waals surface area contributed by atoms with Crippen molar-refractivity contribution in [2.75, 3.05) is 20.4 Å². The van der Waals surface area contributed by atoms with Crippen molar-refractivity contribution >= 4 is 12.0 Å². The first-order valence-corrected chi connectivity index (χ1v) is 15.0. The number of carbonyl (C=O) groups is 1. The van der Waals surface area contributed by atoms with Gasteiger partial charge in [0.05, 0.1) is 18.2 Å². The van der Waals surface area contributed by atoms with Crippen LogP contribution in [-0.4, -0.2) is 70.5 Å². The summed E-state index contributed by atoms with van der Waals surface area (Å²) in [6.45, 7) is 5.90. The minimum atomic E-state index is -0.535. The molecule has 2 bridgehead atoms.